The number of anilines is 1. The molecule has 2 aliphatic carbocycles. The fourth-order valence-electron chi connectivity index (χ4n) is 12.2. The van der Waals surface area contributed by atoms with Crippen LogP contribution < -0.4 is 4.90 Å². The Morgan fingerprint density at radius 3 is 1.26 bits per heavy atom. The molecule has 0 saturated carbocycles. The van der Waals surface area contributed by atoms with E-state index in [0.29, 0.717) is 0 Å². The number of fused-ring (bicyclic) bond motifs is 3. The molecule has 1 heterocycles. The number of benzene rings is 7. The van der Waals surface area contributed by atoms with Crippen LogP contribution in [0.1, 0.15) is 96.6 Å². The van der Waals surface area contributed by atoms with Crippen molar-refractivity contribution >= 4 is 62.5 Å². The number of ketones is 6. The van der Waals surface area contributed by atoms with Crippen LogP contribution >= 0.6 is 11.3 Å². The number of nitrogens with zero attached hydrogens (tertiary/aromatic N) is 6. The maximum Gasteiger partial charge on any atom is 0.159 e. The molecule has 10 rings (SSSR count). The van der Waals surface area contributed by atoms with Crippen molar-refractivity contribution in [2.24, 2.45) is 0 Å². The zero-order valence-electron chi connectivity index (χ0n) is 59.3. The first-order valence-electron chi connectivity index (χ1n) is 32.4. The number of Topliss-reactive ketones (excluding diaryl/α,β-unsaturated/α-hetero) is 6. The summed E-state index contributed by atoms with van der Waals surface area (Å²) >= 11 is 1.71. The van der Waals surface area contributed by atoms with E-state index in [1.54, 1.807) is 52.9 Å². The van der Waals surface area contributed by atoms with Crippen LogP contribution in [-0.4, -0.2) is 173 Å². The molecule has 13 heteroatoms. The summed E-state index contributed by atoms with van der Waals surface area (Å²) < 4.78 is 0. The molecular weight excluding hydrogens is 1180 g/mol. The van der Waals surface area contributed by atoms with Crippen molar-refractivity contribution in [1.29, 1.82) is 0 Å². The maximum absolute atomic E-state index is 11.9. The molecule has 7 aromatic carbocycles. The van der Waals surface area contributed by atoms with E-state index in [0.717, 1.165) is 62.6 Å². The Morgan fingerprint density at radius 1 is 0.404 bits per heavy atom. The van der Waals surface area contributed by atoms with Crippen molar-refractivity contribution < 1.29 is 28.8 Å². The largest absolute Gasteiger partial charge is 0.378 e. The van der Waals surface area contributed by atoms with Gasteiger partial charge in [-0.15, -0.1) is 11.3 Å². The Morgan fingerprint density at radius 2 is 0.819 bits per heavy atom. The molecule has 8 aromatic rings. The molecule has 1 unspecified atom stereocenters. The highest BCUT2D eigenvalue weighted by molar-refractivity contribution is 7.09. The van der Waals surface area contributed by atoms with Crippen molar-refractivity contribution in [2.75, 3.05) is 89.5 Å². The molecule has 0 radical (unpaired) electrons. The van der Waals surface area contributed by atoms with Crippen molar-refractivity contribution in [2.45, 2.75) is 122 Å². The molecule has 94 heavy (non-hydrogen) atoms. The van der Waals surface area contributed by atoms with Gasteiger partial charge < -0.3 is 4.90 Å². The highest BCUT2D eigenvalue weighted by Crippen LogP contribution is 2.35. The predicted molar refractivity (Wildman–Crippen MR) is 393 cm³/mol. The Bertz CT molecular complexity index is 3680. The molecule has 0 amide bonds. The van der Waals surface area contributed by atoms with Gasteiger partial charge in [-0.3, -0.25) is 53.3 Å². The lowest BCUT2D eigenvalue weighted by atomic mass is 9.75. The minimum absolute atomic E-state index is 0.0265. The van der Waals surface area contributed by atoms with E-state index < -0.39 is 0 Å². The maximum atomic E-state index is 11.9. The molecule has 500 valence electrons. The van der Waals surface area contributed by atoms with Crippen LogP contribution in [0.5, 0.6) is 0 Å². The van der Waals surface area contributed by atoms with E-state index in [4.69, 9.17) is 0 Å². The normalized spacial score (nSPS) is 15.1. The second kappa shape index (κ2) is 36.7. The molecule has 0 fully saturated rings. The number of hydrogen-bond acceptors (Lipinski definition) is 13. The Kier molecular flexibility index (Phi) is 30.0. The lowest BCUT2D eigenvalue weighted by Crippen LogP contribution is -2.53. The molecular formula is C81H104N6O6S. The summed E-state index contributed by atoms with van der Waals surface area (Å²) in [6, 6.07) is 61.9. The van der Waals surface area contributed by atoms with Gasteiger partial charge in [-0.25, -0.2) is 0 Å². The summed E-state index contributed by atoms with van der Waals surface area (Å²) in [6.45, 7) is 9.96. The fourth-order valence-corrected chi connectivity index (χ4v) is 12.9. The Hall–Kier alpha value is -7.88. The molecule has 0 spiro atoms. The topological polar surface area (TPSA) is 122 Å². The van der Waals surface area contributed by atoms with Crippen LogP contribution in [0.15, 0.2) is 187 Å². The number of thiophene rings is 1. The van der Waals surface area contributed by atoms with Gasteiger partial charge in [-0.1, -0.05) is 152 Å². The SMILES string of the molecule is CC(=O)C1(N(C)C)CCc2ccccc2C1.CC(=O)C1(N(C)C)Cc2ccccc2C1.CC(=O)[C@H](Cc1ccc(-c2ccccc2)cc1)N(C)C.CC(=O)[C@H](Cc1ccc2ccccc2c1)N(C)C.CC(=O)[C@H](Cc1cccs1)N(C)C.CC(=O)c1ccc(N(C)C)cc1. The van der Waals surface area contributed by atoms with E-state index in [1.807, 2.05) is 182 Å². The summed E-state index contributed by atoms with van der Waals surface area (Å²) in [5.41, 5.74) is 11.5. The van der Waals surface area contributed by atoms with Gasteiger partial charge in [-0.2, -0.15) is 0 Å². The third-order valence-electron chi connectivity index (χ3n) is 18.3. The number of carbonyl (C=O) groups excluding carboxylic acids is 6. The average molecular weight is 1290 g/mol. The van der Waals surface area contributed by atoms with Crippen LogP contribution in [0.25, 0.3) is 21.9 Å². The molecule has 0 bridgehead atoms. The lowest BCUT2D eigenvalue weighted by molar-refractivity contribution is -0.128. The summed E-state index contributed by atoms with van der Waals surface area (Å²) in [5, 5.41) is 4.52. The molecule has 0 N–H and O–H groups in total. The van der Waals surface area contributed by atoms with E-state index in [-0.39, 0.29) is 63.9 Å². The zero-order chi connectivity index (χ0) is 69.5. The van der Waals surface area contributed by atoms with Crippen LogP contribution in [0.3, 0.4) is 0 Å². The molecule has 12 nitrogen and oxygen atoms in total. The van der Waals surface area contributed by atoms with Crippen LogP contribution in [0, 0.1) is 0 Å². The number of hydrogen-bond donors (Lipinski definition) is 0. The lowest BCUT2D eigenvalue weighted by Gasteiger charge is -2.41. The smallest absolute Gasteiger partial charge is 0.159 e. The summed E-state index contributed by atoms with van der Waals surface area (Å²) in [5.74, 6) is 1.32. The highest BCUT2D eigenvalue weighted by atomic mass is 32.1. The minimum Gasteiger partial charge on any atom is -0.378 e. The number of rotatable bonds is 19. The Labute approximate surface area is 566 Å². The van der Waals surface area contributed by atoms with Crippen LogP contribution in [0.2, 0.25) is 0 Å². The van der Waals surface area contributed by atoms with E-state index in [9.17, 15) is 28.8 Å². The quantitative estimate of drug-likeness (QED) is 0.0717. The van der Waals surface area contributed by atoms with Gasteiger partial charge in [0.05, 0.1) is 29.2 Å². The van der Waals surface area contributed by atoms with Gasteiger partial charge in [0.15, 0.2) is 11.6 Å². The average Bonchev–Trinajstić information content (AvgIpc) is 1.44. The molecule has 0 aliphatic heterocycles. The highest BCUT2D eigenvalue weighted by Gasteiger charge is 2.43. The molecule has 1 aromatic heterocycles. The van der Waals surface area contributed by atoms with Crippen molar-refractivity contribution in [1.82, 2.24) is 24.5 Å². The molecule has 0 saturated heterocycles. The second-order valence-electron chi connectivity index (χ2n) is 26.2. The molecule has 4 atom stereocenters. The van der Waals surface area contributed by atoms with E-state index >= 15 is 0 Å². The first-order chi connectivity index (χ1) is 44.5. The fraction of sp³-hybridized carbons (Fsp3) is 0.383. The second-order valence-corrected chi connectivity index (χ2v) is 27.3. The number of carbonyl (C=O) groups is 6. The van der Waals surface area contributed by atoms with Gasteiger partial charge in [0.1, 0.15) is 23.1 Å². The van der Waals surface area contributed by atoms with E-state index in [2.05, 4.69) is 119 Å². The predicted octanol–water partition coefficient (Wildman–Crippen LogP) is 13.8. The number of aryl methyl sites for hydroxylation is 1. The standard InChI is InChI=1S/C18H21NO.C16H19NO.C14H19NO.C13H17NO.C10H15NOS.C10H13NO/c1-14(20)18(19(2)3)13-15-9-11-17(12-10-15)16-7-5-4-6-8-16;1-12(18)16(17(2)3)11-13-8-9-14-6-4-5-7-15(14)10-13;1-11(16)14(15(2)3)9-8-12-6-4-5-7-13(12)10-14;1-10(15)13(14(2)3)8-11-6-4-5-7-12(11)9-13;1-8(12)10(11(2)3)7-9-5-4-6-13-9;1-8(12)9-4-6-10(7-5-9)11(2)3/h4-12,18H,13H2,1-3H3;4-10,16H,11H2,1-3H3;4-7H,8-10H2,1-3H3;4-7H,8-9H2,1-3H3;4-6,10H,7H2,1-3H3;4-7H,1-3H3/t18-;16-;;;10-;/m00..0./s1. The first-order valence-corrected chi connectivity index (χ1v) is 33.3. The van der Waals surface area contributed by atoms with Crippen LogP contribution in [0.4, 0.5) is 5.69 Å². The van der Waals surface area contributed by atoms with Gasteiger partial charge in [0.25, 0.3) is 0 Å². The van der Waals surface area contributed by atoms with Gasteiger partial charge in [0, 0.05) is 36.6 Å². The summed E-state index contributed by atoms with van der Waals surface area (Å²) in [6.07, 6.45) is 6.87. The summed E-state index contributed by atoms with van der Waals surface area (Å²) in [7, 11) is 23.6. The van der Waals surface area contributed by atoms with Gasteiger partial charge >= 0.3 is 0 Å². The van der Waals surface area contributed by atoms with Crippen LogP contribution in [-0.2, 0) is 68.9 Å². The molecule has 2 aliphatic rings. The van der Waals surface area contributed by atoms with E-state index in [1.165, 1.54) is 60.2 Å². The number of likely N-dealkylation sites (N-methyl/N-ethyl adjacent to an activating group) is 5. The first kappa shape index (κ1) is 76.8. The van der Waals surface area contributed by atoms with Crippen molar-refractivity contribution in [3.05, 3.63) is 231 Å². The third-order valence-corrected chi connectivity index (χ3v) is 19.2. The van der Waals surface area contributed by atoms with Crippen molar-refractivity contribution in [3.8, 4) is 11.1 Å². The third kappa shape index (κ3) is 22.1. The summed E-state index contributed by atoms with van der Waals surface area (Å²) in [4.78, 5) is 82.6. The monoisotopic (exact) mass is 1290 g/mol. The van der Waals surface area contributed by atoms with Gasteiger partial charge in [-0.05, 0) is 248 Å². The van der Waals surface area contributed by atoms with Crippen molar-refractivity contribution in [3.63, 3.8) is 0 Å². The Balaban J connectivity index is 0.000000206. The minimum atomic E-state index is -0.302. The van der Waals surface area contributed by atoms with Gasteiger partial charge in [0.2, 0.25) is 0 Å². The zero-order valence-corrected chi connectivity index (χ0v) is 60.1.